The highest BCUT2D eigenvalue weighted by Crippen LogP contribution is 2.31. The van der Waals surface area contributed by atoms with Crippen molar-refractivity contribution in [3.8, 4) is 0 Å². The Morgan fingerprint density at radius 1 is 1.26 bits per heavy atom. The number of hydrogen-bond acceptors (Lipinski definition) is 4. The van der Waals surface area contributed by atoms with Gasteiger partial charge in [-0.15, -0.1) is 0 Å². The van der Waals surface area contributed by atoms with Gasteiger partial charge in [0.15, 0.2) is 0 Å². The summed E-state index contributed by atoms with van der Waals surface area (Å²) in [6.07, 6.45) is 7.10. The second-order valence-corrected chi connectivity index (χ2v) is 7.55. The molecule has 0 aromatic rings. The van der Waals surface area contributed by atoms with E-state index in [4.69, 9.17) is 15.6 Å². The number of nitrogens with two attached hydrogens (primary N) is 1. The maximum absolute atomic E-state index is 12.2. The van der Waals surface area contributed by atoms with Gasteiger partial charge < -0.3 is 20.5 Å². The molecule has 0 aromatic carbocycles. The fourth-order valence-electron chi connectivity index (χ4n) is 4.01. The number of piperidine rings is 1. The number of amides is 1. The number of carbonyl (C=O) groups excluding carboxylic acids is 1. The van der Waals surface area contributed by atoms with Crippen LogP contribution in [-0.4, -0.2) is 53.9 Å². The van der Waals surface area contributed by atoms with Crippen LogP contribution in [0.5, 0.6) is 0 Å². The van der Waals surface area contributed by atoms with Gasteiger partial charge in [0.05, 0.1) is 25.4 Å². The fraction of sp³-hybridized carbons (Fsp3) is 0.944. The van der Waals surface area contributed by atoms with Gasteiger partial charge in [-0.3, -0.25) is 4.79 Å². The first kappa shape index (κ1) is 18.7. The van der Waals surface area contributed by atoms with Crippen molar-refractivity contribution in [3.63, 3.8) is 0 Å². The molecule has 1 aliphatic carbocycles. The predicted molar refractivity (Wildman–Crippen MR) is 90.9 cm³/mol. The number of carbonyl (C=O) groups is 1. The fourth-order valence-corrected chi connectivity index (χ4v) is 4.01. The van der Waals surface area contributed by atoms with Crippen molar-refractivity contribution in [2.45, 2.75) is 77.0 Å². The molecule has 134 valence electrons. The lowest BCUT2D eigenvalue weighted by Crippen LogP contribution is -2.56. The van der Waals surface area contributed by atoms with Crippen molar-refractivity contribution in [3.05, 3.63) is 0 Å². The van der Waals surface area contributed by atoms with E-state index in [9.17, 15) is 4.79 Å². The smallest absolute Gasteiger partial charge is 0.225 e. The molecule has 2 aliphatic rings. The molecule has 0 radical (unpaired) electrons. The Hall–Kier alpha value is -0.650. The molecular weight excluding hydrogens is 292 g/mol. The van der Waals surface area contributed by atoms with Crippen LogP contribution in [-0.2, 0) is 9.53 Å². The summed E-state index contributed by atoms with van der Waals surface area (Å²) >= 11 is 0. The molecule has 2 fully saturated rings. The maximum Gasteiger partial charge on any atom is 0.225 e. The minimum absolute atomic E-state index is 0.000217. The molecule has 2 atom stereocenters. The maximum atomic E-state index is 12.2. The Bertz CT molecular complexity index is 367. The minimum atomic E-state index is -0.0998. The van der Waals surface area contributed by atoms with Gasteiger partial charge in [-0.25, -0.2) is 0 Å². The zero-order chi connectivity index (χ0) is 16.8. The Labute approximate surface area is 140 Å². The summed E-state index contributed by atoms with van der Waals surface area (Å²) in [5.41, 5.74) is 6.24. The molecule has 1 amide bonds. The molecule has 23 heavy (non-hydrogen) atoms. The molecular formula is C18H34N2O3. The number of ether oxygens (including phenoxy) is 1. The lowest BCUT2D eigenvalue weighted by atomic mass is 9.80. The summed E-state index contributed by atoms with van der Waals surface area (Å²) in [6, 6.07) is -0.0518. The van der Waals surface area contributed by atoms with Crippen molar-refractivity contribution in [2.24, 2.45) is 17.6 Å². The summed E-state index contributed by atoms with van der Waals surface area (Å²) in [4.78, 5) is 14.0. The molecule has 0 bridgehead atoms. The number of rotatable bonds is 6. The quantitative estimate of drug-likeness (QED) is 0.782. The van der Waals surface area contributed by atoms with Gasteiger partial charge in [-0.2, -0.15) is 0 Å². The third-order valence-corrected chi connectivity index (χ3v) is 5.64. The van der Waals surface area contributed by atoms with E-state index in [0.29, 0.717) is 12.7 Å². The second-order valence-electron chi connectivity index (χ2n) is 7.55. The third-order valence-electron chi connectivity index (χ3n) is 5.64. The first-order chi connectivity index (χ1) is 11.0. The number of hydrogen-bond donors (Lipinski definition) is 2. The molecule has 0 unspecified atom stereocenters. The van der Waals surface area contributed by atoms with Crippen LogP contribution < -0.4 is 5.73 Å². The molecule has 0 spiro atoms. The lowest BCUT2D eigenvalue weighted by molar-refractivity contribution is -0.139. The van der Waals surface area contributed by atoms with Gasteiger partial charge in [0.1, 0.15) is 0 Å². The standard InChI is InChI=1S/C18H34N2O3/c1-13(2)14-5-7-15(8-6-14)23-12-17-16(19)4-3-10-20(17)18(22)9-11-21/h13-17,21H,3-12,19H2,1-2H3/t14-,15+,16-,17-/m0/s1. The summed E-state index contributed by atoms with van der Waals surface area (Å²) in [5.74, 6) is 1.59. The van der Waals surface area contributed by atoms with Gasteiger partial charge in [0.2, 0.25) is 5.91 Å². The molecule has 1 heterocycles. The minimum Gasteiger partial charge on any atom is -0.396 e. The van der Waals surface area contributed by atoms with Gasteiger partial charge in [0.25, 0.3) is 0 Å². The number of aliphatic hydroxyl groups excluding tert-OH is 1. The van der Waals surface area contributed by atoms with Crippen LogP contribution >= 0.6 is 0 Å². The SMILES string of the molecule is CC(C)[C@H]1CC[C@@H](OC[C@H]2[C@@H](N)CCCN2C(=O)CCO)CC1. The number of nitrogens with zero attached hydrogens (tertiary/aromatic N) is 1. The Morgan fingerprint density at radius 2 is 1.96 bits per heavy atom. The van der Waals surface area contributed by atoms with E-state index in [1.54, 1.807) is 0 Å². The van der Waals surface area contributed by atoms with E-state index in [-0.39, 0.29) is 31.0 Å². The van der Waals surface area contributed by atoms with Gasteiger partial charge in [-0.05, 0) is 50.4 Å². The molecule has 5 heteroatoms. The van der Waals surface area contributed by atoms with E-state index in [1.807, 2.05) is 4.90 Å². The van der Waals surface area contributed by atoms with Crippen molar-refractivity contribution >= 4 is 5.91 Å². The molecule has 1 saturated carbocycles. The summed E-state index contributed by atoms with van der Waals surface area (Å²) < 4.78 is 6.14. The highest BCUT2D eigenvalue weighted by Gasteiger charge is 2.33. The van der Waals surface area contributed by atoms with Crippen molar-refractivity contribution in [2.75, 3.05) is 19.8 Å². The van der Waals surface area contributed by atoms with E-state index >= 15 is 0 Å². The first-order valence-electron chi connectivity index (χ1n) is 9.30. The zero-order valence-electron chi connectivity index (χ0n) is 14.7. The number of likely N-dealkylation sites (tertiary alicyclic amines) is 1. The van der Waals surface area contributed by atoms with Crippen molar-refractivity contribution in [1.82, 2.24) is 4.90 Å². The summed E-state index contributed by atoms with van der Waals surface area (Å²) in [6.45, 7) is 5.78. The first-order valence-corrected chi connectivity index (χ1v) is 9.30. The average molecular weight is 326 g/mol. The monoisotopic (exact) mass is 326 g/mol. The van der Waals surface area contributed by atoms with Gasteiger partial charge >= 0.3 is 0 Å². The van der Waals surface area contributed by atoms with Gasteiger partial charge in [-0.1, -0.05) is 13.8 Å². The molecule has 3 N–H and O–H groups in total. The van der Waals surface area contributed by atoms with E-state index in [2.05, 4.69) is 13.8 Å². The summed E-state index contributed by atoms with van der Waals surface area (Å²) in [5, 5.41) is 9.01. The molecule has 2 rings (SSSR count). The van der Waals surface area contributed by atoms with Crippen LogP contribution in [0.25, 0.3) is 0 Å². The second kappa shape index (κ2) is 9.00. The van der Waals surface area contributed by atoms with Crippen molar-refractivity contribution in [1.29, 1.82) is 0 Å². The van der Waals surface area contributed by atoms with Crippen LogP contribution in [0.3, 0.4) is 0 Å². The predicted octanol–water partition coefficient (Wildman–Crippen LogP) is 1.92. The largest absolute Gasteiger partial charge is 0.396 e. The average Bonchev–Trinajstić information content (AvgIpc) is 2.54. The molecule has 1 aliphatic heterocycles. The van der Waals surface area contributed by atoms with Crippen LogP contribution in [0.15, 0.2) is 0 Å². The Balaban J connectivity index is 1.83. The topological polar surface area (TPSA) is 75.8 Å². The van der Waals surface area contributed by atoms with Gasteiger partial charge in [0, 0.05) is 19.0 Å². The number of aliphatic hydroxyl groups is 1. The zero-order valence-corrected chi connectivity index (χ0v) is 14.7. The molecule has 0 aromatic heterocycles. The van der Waals surface area contributed by atoms with Crippen LogP contribution in [0, 0.1) is 11.8 Å². The normalized spacial score (nSPS) is 32.3. The van der Waals surface area contributed by atoms with E-state index in [1.165, 1.54) is 12.8 Å². The highest BCUT2D eigenvalue weighted by atomic mass is 16.5. The van der Waals surface area contributed by atoms with E-state index < -0.39 is 0 Å². The third kappa shape index (κ3) is 5.16. The molecule has 5 nitrogen and oxygen atoms in total. The van der Waals surface area contributed by atoms with Crippen LogP contribution in [0.2, 0.25) is 0 Å². The van der Waals surface area contributed by atoms with E-state index in [0.717, 1.165) is 44.1 Å². The summed E-state index contributed by atoms with van der Waals surface area (Å²) in [7, 11) is 0. The lowest BCUT2D eigenvalue weighted by Gasteiger charge is -2.41. The van der Waals surface area contributed by atoms with Crippen LogP contribution in [0.4, 0.5) is 0 Å². The highest BCUT2D eigenvalue weighted by molar-refractivity contribution is 5.76. The Morgan fingerprint density at radius 3 is 2.57 bits per heavy atom. The Kier molecular flexibility index (Phi) is 7.31. The van der Waals surface area contributed by atoms with Crippen LogP contribution in [0.1, 0.15) is 58.8 Å². The van der Waals surface area contributed by atoms with Crippen molar-refractivity contribution < 1.29 is 14.6 Å². The molecule has 1 saturated heterocycles.